The van der Waals surface area contributed by atoms with E-state index in [1.807, 2.05) is 34.9 Å². The van der Waals surface area contributed by atoms with Crippen LogP contribution >= 0.6 is 11.6 Å². The van der Waals surface area contributed by atoms with Gasteiger partial charge in [-0.2, -0.15) is 0 Å². The summed E-state index contributed by atoms with van der Waals surface area (Å²) < 4.78 is 7.04. The molecule has 18 heavy (non-hydrogen) atoms. The minimum Gasteiger partial charge on any atom is -0.385 e. The number of methoxy groups -OCH3 is 1. The number of rotatable bonds is 5. The van der Waals surface area contributed by atoms with Crippen molar-refractivity contribution in [3.05, 3.63) is 35.6 Å². The van der Waals surface area contributed by atoms with Crippen LogP contribution in [-0.2, 0) is 4.74 Å². The highest BCUT2D eigenvalue weighted by molar-refractivity contribution is 6.28. The lowest BCUT2D eigenvalue weighted by atomic mass is 10.2. The number of benzene rings is 1. The van der Waals surface area contributed by atoms with Gasteiger partial charge in [-0.05, 0) is 24.9 Å². The number of halogens is 1. The third-order valence-electron chi connectivity index (χ3n) is 2.87. The maximum absolute atomic E-state index is 6.12. The van der Waals surface area contributed by atoms with E-state index in [-0.39, 0.29) is 6.04 Å². The number of nitrogens with zero attached hydrogens (tertiary/aromatic N) is 3. The van der Waals surface area contributed by atoms with E-state index in [1.165, 1.54) is 0 Å². The Morgan fingerprint density at radius 2 is 2.00 bits per heavy atom. The molecule has 1 heterocycles. The van der Waals surface area contributed by atoms with Crippen molar-refractivity contribution >= 4 is 11.6 Å². The van der Waals surface area contributed by atoms with Crippen LogP contribution in [-0.4, -0.2) is 28.5 Å². The molecule has 0 aliphatic heterocycles. The van der Waals surface area contributed by atoms with E-state index < -0.39 is 0 Å². The van der Waals surface area contributed by atoms with E-state index in [1.54, 1.807) is 7.11 Å². The third-order valence-corrected chi connectivity index (χ3v) is 3.12. The molecule has 5 heteroatoms. The predicted octanol–water partition coefficient (Wildman–Crippen LogP) is 3.20. The summed E-state index contributed by atoms with van der Waals surface area (Å²) in [5, 5.41) is 8.53. The average Bonchev–Trinajstić information content (AvgIpc) is 2.79. The van der Waals surface area contributed by atoms with Crippen molar-refractivity contribution < 1.29 is 4.74 Å². The van der Waals surface area contributed by atoms with E-state index in [0.29, 0.717) is 11.9 Å². The Morgan fingerprint density at radius 1 is 1.28 bits per heavy atom. The van der Waals surface area contributed by atoms with Gasteiger partial charge in [0.05, 0.1) is 0 Å². The van der Waals surface area contributed by atoms with Crippen LogP contribution in [0.3, 0.4) is 0 Å². The number of hydrogen-bond donors (Lipinski definition) is 0. The molecule has 96 valence electrons. The van der Waals surface area contributed by atoms with Gasteiger partial charge in [-0.15, -0.1) is 10.2 Å². The molecule has 2 aromatic rings. The molecule has 0 saturated carbocycles. The SMILES string of the molecule is COCCC(C)n1c(Cl)nnc1-c1ccccc1. The molecule has 0 bridgehead atoms. The molecule has 0 aliphatic rings. The number of ether oxygens (including phenoxy) is 1. The van der Waals surface area contributed by atoms with E-state index >= 15 is 0 Å². The maximum Gasteiger partial charge on any atom is 0.225 e. The fourth-order valence-electron chi connectivity index (χ4n) is 1.86. The zero-order chi connectivity index (χ0) is 13.0. The normalized spacial score (nSPS) is 12.6. The number of aromatic nitrogens is 3. The Kier molecular flexibility index (Phi) is 4.33. The monoisotopic (exact) mass is 265 g/mol. The summed E-state index contributed by atoms with van der Waals surface area (Å²) in [6, 6.07) is 10.1. The van der Waals surface area contributed by atoms with E-state index in [4.69, 9.17) is 16.3 Å². The Morgan fingerprint density at radius 3 is 2.67 bits per heavy atom. The standard InChI is InChI=1S/C13H16ClN3O/c1-10(8-9-18-2)17-12(15-16-13(17)14)11-6-4-3-5-7-11/h3-7,10H,8-9H2,1-2H3. The van der Waals surface area contributed by atoms with Crippen molar-refractivity contribution in [2.75, 3.05) is 13.7 Å². The molecule has 1 aromatic carbocycles. The first-order valence-corrected chi connectivity index (χ1v) is 6.26. The summed E-state index contributed by atoms with van der Waals surface area (Å²) in [4.78, 5) is 0. The molecule has 0 amide bonds. The second-order valence-corrected chi connectivity index (χ2v) is 4.50. The van der Waals surface area contributed by atoms with Gasteiger partial charge in [-0.25, -0.2) is 0 Å². The molecule has 1 atom stereocenters. The second kappa shape index (κ2) is 5.98. The van der Waals surface area contributed by atoms with Crippen molar-refractivity contribution in [2.24, 2.45) is 0 Å². The minimum absolute atomic E-state index is 0.197. The van der Waals surface area contributed by atoms with Gasteiger partial charge in [0.15, 0.2) is 5.82 Å². The van der Waals surface area contributed by atoms with Crippen molar-refractivity contribution in [3.8, 4) is 11.4 Å². The Hall–Kier alpha value is -1.39. The molecule has 2 rings (SSSR count). The average molecular weight is 266 g/mol. The van der Waals surface area contributed by atoms with E-state index in [9.17, 15) is 0 Å². The molecular weight excluding hydrogens is 250 g/mol. The highest BCUT2D eigenvalue weighted by Crippen LogP contribution is 2.26. The lowest BCUT2D eigenvalue weighted by Gasteiger charge is -2.15. The van der Waals surface area contributed by atoms with Crippen LogP contribution in [0.2, 0.25) is 5.28 Å². The molecule has 0 N–H and O–H groups in total. The van der Waals surface area contributed by atoms with Crippen LogP contribution in [0.5, 0.6) is 0 Å². The number of hydrogen-bond acceptors (Lipinski definition) is 3. The van der Waals surface area contributed by atoms with Gasteiger partial charge in [0.2, 0.25) is 5.28 Å². The van der Waals surface area contributed by atoms with Crippen LogP contribution in [0, 0.1) is 0 Å². The lowest BCUT2D eigenvalue weighted by molar-refractivity contribution is 0.181. The third kappa shape index (κ3) is 2.71. The van der Waals surface area contributed by atoms with Gasteiger partial charge in [0, 0.05) is 25.3 Å². The largest absolute Gasteiger partial charge is 0.385 e. The van der Waals surface area contributed by atoms with Crippen LogP contribution < -0.4 is 0 Å². The topological polar surface area (TPSA) is 39.9 Å². The van der Waals surface area contributed by atoms with Crippen LogP contribution in [0.1, 0.15) is 19.4 Å². The molecule has 0 fully saturated rings. The fraction of sp³-hybridized carbons (Fsp3) is 0.385. The van der Waals surface area contributed by atoms with Crippen LogP contribution in [0.25, 0.3) is 11.4 Å². The molecule has 1 aromatic heterocycles. The van der Waals surface area contributed by atoms with E-state index in [2.05, 4.69) is 17.1 Å². The molecule has 4 nitrogen and oxygen atoms in total. The Bertz CT molecular complexity index is 498. The van der Waals surface area contributed by atoms with Crippen LogP contribution in [0.4, 0.5) is 0 Å². The first kappa shape index (κ1) is 13.1. The first-order valence-electron chi connectivity index (χ1n) is 5.88. The summed E-state index contributed by atoms with van der Waals surface area (Å²) >= 11 is 6.12. The molecule has 0 spiro atoms. The molecule has 0 aliphatic carbocycles. The smallest absolute Gasteiger partial charge is 0.225 e. The highest BCUT2D eigenvalue weighted by atomic mass is 35.5. The van der Waals surface area contributed by atoms with Gasteiger partial charge in [0.25, 0.3) is 0 Å². The summed E-state index contributed by atoms with van der Waals surface area (Å²) in [5.41, 5.74) is 1.01. The molecule has 0 saturated heterocycles. The van der Waals surface area contributed by atoms with Gasteiger partial charge in [-0.1, -0.05) is 30.3 Å². The molecular formula is C13H16ClN3O. The summed E-state index contributed by atoms with van der Waals surface area (Å²) in [7, 11) is 1.69. The molecule has 1 unspecified atom stereocenters. The highest BCUT2D eigenvalue weighted by Gasteiger charge is 2.16. The Labute approximate surface area is 112 Å². The van der Waals surface area contributed by atoms with Gasteiger partial charge in [-0.3, -0.25) is 4.57 Å². The fourth-order valence-corrected chi connectivity index (χ4v) is 2.15. The zero-order valence-corrected chi connectivity index (χ0v) is 11.3. The van der Waals surface area contributed by atoms with Crippen LogP contribution in [0.15, 0.2) is 30.3 Å². The minimum atomic E-state index is 0.197. The summed E-state index contributed by atoms with van der Waals surface area (Å²) in [6.07, 6.45) is 0.869. The van der Waals surface area contributed by atoms with E-state index in [0.717, 1.165) is 17.8 Å². The van der Waals surface area contributed by atoms with Gasteiger partial charge < -0.3 is 4.74 Å². The van der Waals surface area contributed by atoms with Crippen molar-refractivity contribution in [2.45, 2.75) is 19.4 Å². The zero-order valence-electron chi connectivity index (χ0n) is 10.5. The second-order valence-electron chi connectivity index (χ2n) is 4.16. The summed E-state index contributed by atoms with van der Waals surface area (Å²) in [5.74, 6) is 0.796. The lowest BCUT2D eigenvalue weighted by Crippen LogP contribution is -2.09. The first-order chi connectivity index (χ1) is 8.74. The maximum atomic E-state index is 6.12. The van der Waals surface area contributed by atoms with Crippen molar-refractivity contribution in [1.29, 1.82) is 0 Å². The summed E-state index contributed by atoms with van der Waals surface area (Å²) in [6.45, 7) is 2.77. The van der Waals surface area contributed by atoms with Crippen molar-refractivity contribution in [1.82, 2.24) is 14.8 Å². The Balaban J connectivity index is 2.33. The van der Waals surface area contributed by atoms with Crippen molar-refractivity contribution in [3.63, 3.8) is 0 Å². The predicted molar refractivity (Wildman–Crippen MR) is 71.7 cm³/mol. The van der Waals surface area contributed by atoms with Gasteiger partial charge >= 0.3 is 0 Å². The van der Waals surface area contributed by atoms with Gasteiger partial charge in [0.1, 0.15) is 0 Å². The quantitative estimate of drug-likeness (QED) is 0.834. The molecule has 0 radical (unpaired) electrons.